The lowest BCUT2D eigenvalue weighted by molar-refractivity contribution is 0.0659. The second-order valence-corrected chi connectivity index (χ2v) is 6.00. The molecule has 0 saturated carbocycles. The average molecular weight is 374 g/mol. The molecular weight excluding hydrogens is 355 g/mol. The monoisotopic (exact) mass is 374 g/mol. The molecule has 2 rings (SSSR count). The van der Waals surface area contributed by atoms with Gasteiger partial charge < -0.3 is 15.3 Å². The van der Waals surface area contributed by atoms with Crippen molar-refractivity contribution in [3.05, 3.63) is 27.3 Å². The minimum atomic E-state index is -0.0767. The lowest BCUT2D eigenvalue weighted by Gasteiger charge is -2.34. The third kappa shape index (κ3) is 3.39. The first-order chi connectivity index (χ1) is 9.13. The smallest absolute Gasteiger partial charge is 0.257 e. The van der Waals surface area contributed by atoms with E-state index >= 15 is 0 Å². The molecule has 2 N–H and O–H groups in total. The zero-order valence-electron chi connectivity index (χ0n) is 11.0. The first-order valence-electron chi connectivity index (χ1n) is 6.63. The summed E-state index contributed by atoms with van der Waals surface area (Å²) in [6.07, 6.45) is 2.12. The van der Waals surface area contributed by atoms with Gasteiger partial charge in [0, 0.05) is 22.7 Å². The van der Waals surface area contributed by atoms with Crippen LogP contribution in [0.2, 0.25) is 0 Å². The molecule has 0 spiro atoms. The van der Waals surface area contributed by atoms with Crippen LogP contribution in [0.4, 0.5) is 0 Å². The van der Waals surface area contributed by atoms with Gasteiger partial charge in [-0.05, 0) is 67.1 Å². The van der Waals surface area contributed by atoms with Gasteiger partial charge in [0.15, 0.2) is 0 Å². The fourth-order valence-electron chi connectivity index (χ4n) is 2.50. The Bertz CT molecular complexity index is 459. The molecule has 0 aromatic heterocycles. The number of nitrogens with zero attached hydrogens (tertiary/aromatic N) is 1. The summed E-state index contributed by atoms with van der Waals surface area (Å²) in [5, 5.41) is 13.2. The molecule has 1 amide bonds. The van der Waals surface area contributed by atoms with Crippen molar-refractivity contribution in [1.82, 2.24) is 10.2 Å². The van der Waals surface area contributed by atoms with Gasteiger partial charge in [0.2, 0.25) is 0 Å². The maximum Gasteiger partial charge on any atom is 0.257 e. The normalized spacial score (nSPS) is 19.2. The number of phenols is 1. The van der Waals surface area contributed by atoms with E-state index in [2.05, 4.69) is 27.9 Å². The number of halogens is 1. The van der Waals surface area contributed by atoms with Gasteiger partial charge >= 0.3 is 0 Å². The van der Waals surface area contributed by atoms with Crippen LogP contribution in [0.25, 0.3) is 0 Å². The van der Waals surface area contributed by atoms with E-state index in [4.69, 9.17) is 0 Å². The molecule has 1 aliphatic heterocycles. The Labute approximate surface area is 127 Å². The van der Waals surface area contributed by atoms with Crippen LogP contribution in [0.15, 0.2) is 18.2 Å². The first kappa shape index (κ1) is 14.6. The van der Waals surface area contributed by atoms with Crippen molar-refractivity contribution in [1.29, 1.82) is 0 Å². The predicted molar refractivity (Wildman–Crippen MR) is 83.4 cm³/mol. The van der Waals surface area contributed by atoms with Crippen molar-refractivity contribution in [3.63, 3.8) is 0 Å². The molecule has 19 heavy (non-hydrogen) atoms. The first-order valence-corrected chi connectivity index (χ1v) is 7.71. The second kappa shape index (κ2) is 6.56. The molecule has 1 aromatic carbocycles. The summed E-state index contributed by atoms with van der Waals surface area (Å²) in [6.45, 7) is 4.51. The van der Waals surface area contributed by atoms with Gasteiger partial charge in [-0.2, -0.15) is 0 Å². The number of rotatable bonds is 3. The Hall–Kier alpha value is -0.820. The number of hydrogen-bond acceptors (Lipinski definition) is 3. The van der Waals surface area contributed by atoms with Gasteiger partial charge in [-0.3, -0.25) is 4.79 Å². The number of piperidine rings is 1. The van der Waals surface area contributed by atoms with Crippen LogP contribution in [0.5, 0.6) is 5.75 Å². The van der Waals surface area contributed by atoms with E-state index in [1.54, 1.807) is 18.2 Å². The number of carbonyl (C=O) groups is 1. The summed E-state index contributed by atoms with van der Waals surface area (Å²) in [7, 11) is 0. The number of nitrogens with one attached hydrogen (secondary N) is 1. The summed E-state index contributed by atoms with van der Waals surface area (Å²) in [5.41, 5.74) is 0.402. The van der Waals surface area contributed by atoms with Gasteiger partial charge in [-0.25, -0.2) is 0 Å². The highest BCUT2D eigenvalue weighted by atomic mass is 127. The van der Waals surface area contributed by atoms with Gasteiger partial charge in [-0.1, -0.05) is 0 Å². The van der Waals surface area contributed by atoms with Crippen LogP contribution in [0.1, 0.15) is 30.1 Å². The van der Waals surface area contributed by atoms with Crippen molar-refractivity contribution < 1.29 is 9.90 Å². The maximum absolute atomic E-state index is 12.6. The number of aromatic hydroxyl groups is 1. The molecule has 1 fully saturated rings. The molecule has 4 nitrogen and oxygen atoms in total. The Kier molecular flexibility index (Phi) is 5.04. The molecule has 0 aliphatic carbocycles. The molecule has 1 heterocycles. The van der Waals surface area contributed by atoms with E-state index in [1.165, 1.54) is 0 Å². The van der Waals surface area contributed by atoms with E-state index in [9.17, 15) is 9.90 Å². The van der Waals surface area contributed by atoms with Crippen LogP contribution < -0.4 is 5.32 Å². The van der Waals surface area contributed by atoms with Crippen LogP contribution >= 0.6 is 22.6 Å². The fraction of sp³-hybridized carbons (Fsp3) is 0.500. The van der Waals surface area contributed by atoms with E-state index < -0.39 is 0 Å². The van der Waals surface area contributed by atoms with Crippen LogP contribution in [0, 0.1) is 3.57 Å². The summed E-state index contributed by atoms with van der Waals surface area (Å²) in [6, 6.07) is 5.35. The van der Waals surface area contributed by atoms with Crippen LogP contribution in [0.3, 0.4) is 0 Å². The maximum atomic E-state index is 12.6. The second-order valence-electron chi connectivity index (χ2n) is 4.75. The zero-order valence-corrected chi connectivity index (χ0v) is 13.2. The number of phenolic OH excluding ortho intramolecular Hbond substituents is 1. The predicted octanol–water partition coefficient (Wildman–Crippen LogP) is 2.21. The van der Waals surface area contributed by atoms with Crippen molar-refractivity contribution in [2.75, 3.05) is 19.6 Å². The van der Waals surface area contributed by atoms with Crippen LogP contribution in [-0.2, 0) is 0 Å². The molecule has 104 valence electrons. The Morgan fingerprint density at radius 2 is 2.37 bits per heavy atom. The molecule has 0 radical (unpaired) electrons. The minimum Gasteiger partial charge on any atom is -0.507 e. The highest BCUT2D eigenvalue weighted by Gasteiger charge is 2.26. The molecule has 0 bridgehead atoms. The highest BCUT2D eigenvalue weighted by Crippen LogP contribution is 2.23. The largest absolute Gasteiger partial charge is 0.507 e. The Morgan fingerprint density at radius 3 is 3.00 bits per heavy atom. The lowest BCUT2D eigenvalue weighted by atomic mass is 10.0. The standard InChI is InChI=1S/C14H19IN2O2/c1-2-17(11-4-3-7-16-9-11)14(19)12-8-10(15)5-6-13(12)18/h5-6,8,11,16,18H,2-4,7,9H2,1H3. The number of likely N-dealkylation sites (N-methyl/N-ethyl adjacent to an activating group) is 1. The Balaban J connectivity index is 2.22. The SMILES string of the molecule is CCN(C(=O)c1cc(I)ccc1O)C1CCCNC1. The van der Waals surface area contributed by atoms with Crippen LogP contribution in [-0.4, -0.2) is 41.6 Å². The van der Waals surface area contributed by atoms with Crippen molar-refractivity contribution in [2.45, 2.75) is 25.8 Å². The van der Waals surface area contributed by atoms with E-state index in [0.29, 0.717) is 12.1 Å². The van der Waals surface area contributed by atoms with Gasteiger partial charge in [-0.15, -0.1) is 0 Å². The molecule has 5 heteroatoms. The average Bonchev–Trinajstić information content (AvgIpc) is 2.43. The molecular formula is C14H19IN2O2. The molecule has 1 aromatic rings. The third-order valence-electron chi connectivity index (χ3n) is 3.50. The number of hydrogen-bond donors (Lipinski definition) is 2. The Morgan fingerprint density at radius 1 is 1.58 bits per heavy atom. The van der Waals surface area contributed by atoms with Crippen molar-refractivity contribution >= 4 is 28.5 Å². The number of carbonyl (C=O) groups excluding carboxylic acids is 1. The lowest BCUT2D eigenvalue weighted by Crippen LogP contribution is -2.48. The van der Waals surface area contributed by atoms with Crippen molar-refractivity contribution in [3.8, 4) is 5.75 Å². The van der Waals surface area contributed by atoms with E-state index in [-0.39, 0.29) is 17.7 Å². The van der Waals surface area contributed by atoms with Gasteiger partial charge in [0.25, 0.3) is 5.91 Å². The highest BCUT2D eigenvalue weighted by molar-refractivity contribution is 14.1. The number of amides is 1. The fourth-order valence-corrected chi connectivity index (χ4v) is 2.99. The third-order valence-corrected chi connectivity index (χ3v) is 4.17. The van der Waals surface area contributed by atoms with E-state index in [1.807, 2.05) is 11.8 Å². The summed E-state index contributed by atoms with van der Waals surface area (Å²) in [4.78, 5) is 14.4. The van der Waals surface area contributed by atoms with Crippen molar-refractivity contribution in [2.24, 2.45) is 0 Å². The van der Waals surface area contributed by atoms with E-state index in [0.717, 1.165) is 29.5 Å². The summed E-state index contributed by atoms with van der Waals surface area (Å²) >= 11 is 2.15. The van der Waals surface area contributed by atoms with Gasteiger partial charge in [0.1, 0.15) is 5.75 Å². The molecule has 1 atom stereocenters. The summed E-state index contributed by atoms with van der Waals surface area (Å²) in [5.74, 6) is -0.0140. The summed E-state index contributed by atoms with van der Waals surface area (Å²) < 4.78 is 0.955. The molecule has 1 aliphatic rings. The quantitative estimate of drug-likeness (QED) is 0.798. The molecule has 1 unspecified atom stereocenters. The molecule has 1 saturated heterocycles. The van der Waals surface area contributed by atoms with Gasteiger partial charge in [0.05, 0.1) is 5.56 Å². The zero-order chi connectivity index (χ0) is 13.8. The number of benzene rings is 1. The minimum absolute atomic E-state index is 0.0626. The topological polar surface area (TPSA) is 52.6 Å².